The molecule has 172 valence electrons. The normalized spacial score (nSPS) is 15.2. The van der Waals surface area contributed by atoms with Gasteiger partial charge in [0.25, 0.3) is 5.56 Å². The molecule has 3 aromatic carbocycles. The first-order chi connectivity index (χ1) is 16.5. The van der Waals surface area contributed by atoms with Crippen LogP contribution in [0.25, 0.3) is 16.6 Å². The van der Waals surface area contributed by atoms with E-state index in [2.05, 4.69) is 22.4 Å². The summed E-state index contributed by atoms with van der Waals surface area (Å²) in [5.74, 6) is -0.635. The van der Waals surface area contributed by atoms with Crippen LogP contribution in [0.3, 0.4) is 0 Å². The van der Waals surface area contributed by atoms with Crippen molar-refractivity contribution in [3.8, 4) is 5.69 Å². The number of nitrogens with zero attached hydrogens (tertiary/aromatic N) is 2. The summed E-state index contributed by atoms with van der Waals surface area (Å²) < 4.78 is 15.1. The number of thioether (sulfide) groups is 1. The molecule has 5 nitrogen and oxygen atoms in total. The van der Waals surface area contributed by atoms with Crippen LogP contribution in [-0.2, 0) is 11.2 Å². The number of hydrogen-bond acceptors (Lipinski definition) is 4. The number of halogens is 2. The summed E-state index contributed by atoms with van der Waals surface area (Å²) in [6.07, 6.45) is 2.93. The molecule has 8 heteroatoms. The number of aromatic nitrogens is 2. The van der Waals surface area contributed by atoms with Crippen LogP contribution in [0.15, 0.2) is 76.7 Å². The molecule has 0 aliphatic heterocycles. The van der Waals surface area contributed by atoms with Gasteiger partial charge >= 0.3 is 0 Å². The second kappa shape index (κ2) is 9.60. The van der Waals surface area contributed by atoms with E-state index < -0.39 is 5.82 Å². The maximum absolute atomic E-state index is 13.8. The molecule has 0 radical (unpaired) electrons. The highest BCUT2D eigenvalue weighted by atomic mass is 35.5. The monoisotopic (exact) mass is 493 g/mol. The zero-order valence-corrected chi connectivity index (χ0v) is 19.7. The minimum atomic E-state index is -0.575. The lowest BCUT2D eigenvalue weighted by Gasteiger charge is -2.26. The lowest BCUT2D eigenvalue weighted by molar-refractivity contribution is -0.119. The van der Waals surface area contributed by atoms with Gasteiger partial charge in [0.15, 0.2) is 5.16 Å². The Kier molecular flexibility index (Phi) is 6.39. The Balaban J connectivity index is 1.44. The molecule has 0 spiro atoms. The molecule has 34 heavy (non-hydrogen) atoms. The molecule has 1 aliphatic carbocycles. The summed E-state index contributed by atoms with van der Waals surface area (Å²) in [6.45, 7) is 0. The molecule has 1 N–H and O–H groups in total. The van der Waals surface area contributed by atoms with Crippen molar-refractivity contribution in [2.75, 3.05) is 5.75 Å². The Morgan fingerprint density at radius 1 is 1.15 bits per heavy atom. The molecule has 0 bridgehead atoms. The molecule has 1 amide bonds. The number of carbonyl (C=O) groups excluding carboxylic acids is 1. The van der Waals surface area contributed by atoms with Crippen LogP contribution in [-0.4, -0.2) is 21.2 Å². The molecule has 0 saturated heterocycles. The number of benzene rings is 3. The SMILES string of the molecule is O=C(CSc1nc2ccccc2c(=O)n1-c1ccc(F)c(Cl)c1)NC1CCCc2ccccc21. The van der Waals surface area contributed by atoms with Crippen molar-refractivity contribution in [2.24, 2.45) is 0 Å². The fraction of sp³-hybridized carbons (Fsp3) is 0.192. The van der Waals surface area contributed by atoms with Gasteiger partial charge in [-0.3, -0.25) is 14.2 Å². The molecular formula is C26H21ClFN3O2S. The average molecular weight is 494 g/mol. The van der Waals surface area contributed by atoms with Gasteiger partial charge < -0.3 is 5.32 Å². The molecule has 0 saturated carbocycles. The maximum Gasteiger partial charge on any atom is 0.266 e. The largest absolute Gasteiger partial charge is 0.349 e. The van der Waals surface area contributed by atoms with Crippen LogP contribution in [0.5, 0.6) is 0 Å². The van der Waals surface area contributed by atoms with E-state index in [0.717, 1.165) is 36.6 Å². The number of hydrogen-bond donors (Lipinski definition) is 1. The van der Waals surface area contributed by atoms with E-state index in [9.17, 15) is 14.0 Å². The molecule has 1 heterocycles. The smallest absolute Gasteiger partial charge is 0.266 e. The summed E-state index contributed by atoms with van der Waals surface area (Å²) in [7, 11) is 0. The molecule has 1 aromatic heterocycles. The van der Waals surface area contributed by atoms with Crippen LogP contribution in [0.1, 0.15) is 30.0 Å². The second-order valence-electron chi connectivity index (χ2n) is 8.15. The van der Waals surface area contributed by atoms with E-state index in [1.54, 1.807) is 24.3 Å². The zero-order valence-electron chi connectivity index (χ0n) is 18.1. The third-order valence-corrected chi connectivity index (χ3v) is 7.17. The highest BCUT2D eigenvalue weighted by Gasteiger charge is 2.22. The highest BCUT2D eigenvalue weighted by Crippen LogP contribution is 2.30. The van der Waals surface area contributed by atoms with Gasteiger partial charge in [-0.2, -0.15) is 0 Å². The van der Waals surface area contributed by atoms with E-state index in [0.29, 0.717) is 21.7 Å². The standard InChI is InChI=1S/C26H21ClFN3O2S/c27-20-14-17(12-13-21(20)28)31-25(33)19-9-3-4-10-23(19)30-26(31)34-15-24(32)29-22-11-5-7-16-6-1-2-8-18(16)22/h1-4,6,8-10,12-14,22H,5,7,11,15H2,(H,29,32). The maximum atomic E-state index is 13.8. The Morgan fingerprint density at radius 3 is 2.79 bits per heavy atom. The van der Waals surface area contributed by atoms with Crippen LogP contribution < -0.4 is 10.9 Å². The Hall–Kier alpha value is -3.16. The van der Waals surface area contributed by atoms with E-state index in [1.807, 2.05) is 12.1 Å². The van der Waals surface area contributed by atoms with Gasteiger partial charge in [0, 0.05) is 0 Å². The lowest BCUT2D eigenvalue weighted by atomic mass is 9.88. The van der Waals surface area contributed by atoms with E-state index in [-0.39, 0.29) is 28.3 Å². The van der Waals surface area contributed by atoms with Crippen LogP contribution >= 0.6 is 23.4 Å². The average Bonchev–Trinajstić information content (AvgIpc) is 2.85. The van der Waals surface area contributed by atoms with Gasteiger partial charge in [0.05, 0.1) is 33.4 Å². The second-order valence-corrected chi connectivity index (χ2v) is 9.50. The molecule has 0 fully saturated rings. The first kappa shape index (κ1) is 22.6. The van der Waals surface area contributed by atoms with Crippen molar-refractivity contribution in [1.82, 2.24) is 14.9 Å². The summed E-state index contributed by atoms with van der Waals surface area (Å²) in [6, 6.07) is 19.2. The summed E-state index contributed by atoms with van der Waals surface area (Å²) in [4.78, 5) is 30.8. The summed E-state index contributed by atoms with van der Waals surface area (Å²) >= 11 is 7.14. The minimum Gasteiger partial charge on any atom is -0.349 e. The van der Waals surface area contributed by atoms with Crippen molar-refractivity contribution in [1.29, 1.82) is 0 Å². The predicted octanol–water partition coefficient (Wildman–Crippen LogP) is 5.46. The number of fused-ring (bicyclic) bond motifs is 2. The molecule has 4 aromatic rings. The van der Waals surface area contributed by atoms with E-state index in [1.165, 1.54) is 28.3 Å². The third-order valence-electron chi connectivity index (χ3n) is 5.94. The Bertz CT molecular complexity index is 1460. The minimum absolute atomic E-state index is 0.0271. The summed E-state index contributed by atoms with van der Waals surface area (Å²) in [5.41, 5.74) is 3.04. The molecule has 1 aliphatic rings. The Morgan fingerprint density at radius 2 is 1.94 bits per heavy atom. The van der Waals surface area contributed by atoms with Crippen LogP contribution in [0, 0.1) is 5.82 Å². The van der Waals surface area contributed by atoms with Crippen molar-refractivity contribution in [3.05, 3.63) is 99.1 Å². The number of rotatable bonds is 5. The molecular weight excluding hydrogens is 473 g/mol. The van der Waals surface area contributed by atoms with Gasteiger partial charge in [-0.15, -0.1) is 0 Å². The van der Waals surface area contributed by atoms with Gasteiger partial charge in [-0.05, 0) is 60.7 Å². The quantitative estimate of drug-likeness (QED) is 0.296. The van der Waals surface area contributed by atoms with Crippen LogP contribution in [0.4, 0.5) is 4.39 Å². The van der Waals surface area contributed by atoms with Gasteiger partial charge in [0.1, 0.15) is 5.82 Å². The lowest BCUT2D eigenvalue weighted by Crippen LogP contribution is -2.32. The number of aryl methyl sites for hydroxylation is 1. The first-order valence-electron chi connectivity index (χ1n) is 11.0. The fourth-order valence-corrected chi connectivity index (χ4v) is 5.33. The summed E-state index contributed by atoms with van der Waals surface area (Å²) in [5, 5.41) is 3.80. The zero-order chi connectivity index (χ0) is 23.7. The highest BCUT2D eigenvalue weighted by molar-refractivity contribution is 7.99. The number of para-hydroxylation sites is 1. The van der Waals surface area contributed by atoms with Gasteiger partial charge in [-0.25, -0.2) is 9.37 Å². The number of nitrogens with one attached hydrogen (secondary N) is 1. The van der Waals surface area contributed by atoms with Crippen molar-refractivity contribution < 1.29 is 9.18 Å². The van der Waals surface area contributed by atoms with Crippen molar-refractivity contribution in [3.63, 3.8) is 0 Å². The van der Waals surface area contributed by atoms with Crippen LogP contribution in [0.2, 0.25) is 5.02 Å². The van der Waals surface area contributed by atoms with Crippen molar-refractivity contribution >= 4 is 40.2 Å². The number of carbonyl (C=O) groups is 1. The Labute approximate surface area is 205 Å². The predicted molar refractivity (Wildman–Crippen MR) is 133 cm³/mol. The fourth-order valence-electron chi connectivity index (χ4n) is 4.33. The van der Waals surface area contributed by atoms with Gasteiger partial charge in [-0.1, -0.05) is 59.8 Å². The van der Waals surface area contributed by atoms with E-state index in [4.69, 9.17) is 11.6 Å². The molecule has 1 atom stereocenters. The topological polar surface area (TPSA) is 64.0 Å². The molecule has 5 rings (SSSR count). The van der Waals surface area contributed by atoms with Gasteiger partial charge in [0.2, 0.25) is 5.91 Å². The third kappa shape index (κ3) is 4.45. The van der Waals surface area contributed by atoms with Crippen molar-refractivity contribution in [2.45, 2.75) is 30.5 Å². The first-order valence-corrected chi connectivity index (χ1v) is 12.3. The molecule has 1 unspecified atom stereocenters. The number of amides is 1. The van der Waals surface area contributed by atoms with E-state index >= 15 is 0 Å².